The molecule has 18 heavy (non-hydrogen) atoms. The van der Waals surface area contributed by atoms with Crippen LogP contribution in [0.2, 0.25) is 0 Å². The Kier molecular flexibility index (Phi) is 4.55. The van der Waals surface area contributed by atoms with Crippen LogP contribution in [0, 0.1) is 0 Å². The van der Waals surface area contributed by atoms with E-state index in [4.69, 9.17) is 10.5 Å². The third-order valence-electron chi connectivity index (χ3n) is 2.45. The summed E-state index contributed by atoms with van der Waals surface area (Å²) in [6.45, 7) is 4.56. The van der Waals surface area contributed by atoms with E-state index in [-0.39, 0.29) is 5.54 Å². The first-order valence-corrected chi connectivity index (χ1v) is 5.64. The van der Waals surface area contributed by atoms with Crippen molar-refractivity contribution in [3.63, 3.8) is 0 Å². The van der Waals surface area contributed by atoms with Crippen molar-refractivity contribution >= 4 is 17.3 Å². The van der Waals surface area contributed by atoms with Crippen molar-refractivity contribution in [1.82, 2.24) is 0 Å². The number of methoxy groups -OCH3 is 2. The third kappa shape index (κ3) is 3.63. The third-order valence-corrected chi connectivity index (χ3v) is 2.45. The Bertz CT molecular complexity index is 430. The van der Waals surface area contributed by atoms with Gasteiger partial charge in [-0.2, -0.15) is 0 Å². The van der Waals surface area contributed by atoms with E-state index in [1.807, 2.05) is 13.8 Å². The molecule has 0 atom stereocenters. The first-order chi connectivity index (χ1) is 8.39. The molecule has 0 saturated heterocycles. The van der Waals surface area contributed by atoms with Crippen LogP contribution in [0.4, 0.5) is 11.4 Å². The van der Waals surface area contributed by atoms with Crippen molar-refractivity contribution in [2.24, 2.45) is 0 Å². The molecule has 1 aromatic carbocycles. The molecule has 0 aromatic heterocycles. The normalized spacial score (nSPS) is 11.1. The number of nitrogen functional groups attached to an aromatic ring is 1. The number of hydrogen-bond donors (Lipinski definition) is 2. The van der Waals surface area contributed by atoms with Crippen LogP contribution in [-0.2, 0) is 9.47 Å². The second-order valence-corrected chi connectivity index (χ2v) is 4.74. The lowest BCUT2D eigenvalue weighted by Crippen LogP contribution is -2.36. The quantitative estimate of drug-likeness (QED) is 0.618. The molecule has 0 fully saturated rings. The smallest absolute Gasteiger partial charge is 0.337 e. The van der Waals surface area contributed by atoms with E-state index < -0.39 is 5.97 Å². The van der Waals surface area contributed by atoms with E-state index in [1.165, 1.54) is 7.11 Å². The number of carbonyl (C=O) groups excluding carboxylic acids is 1. The second-order valence-electron chi connectivity index (χ2n) is 4.74. The van der Waals surface area contributed by atoms with Crippen molar-refractivity contribution < 1.29 is 14.3 Å². The summed E-state index contributed by atoms with van der Waals surface area (Å²) in [6, 6.07) is 5.03. The lowest BCUT2D eigenvalue weighted by atomic mass is 10.1. The predicted molar refractivity (Wildman–Crippen MR) is 71.8 cm³/mol. The van der Waals surface area contributed by atoms with Gasteiger partial charge in [0.25, 0.3) is 0 Å². The van der Waals surface area contributed by atoms with Gasteiger partial charge in [-0.1, -0.05) is 0 Å². The van der Waals surface area contributed by atoms with Gasteiger partial charge in [0.05, 0.1) is 36.2 Å². The van der Waals surface area contributed by atoms with Crippen molar-refractivity contribution in [2.75, 3.05) is 31.9 Å². The minimum atomic E-state index is -0.399. The summed E-state index contributed by atoms with van der Waals surface area (Å²) in [6.07, 6.45) is 0. The van der Waals surface area contributed by atoms with Crippen LogP contribution >= 0.6 is 0 Å². The molecule has 0 aliphatic carbocycles. The molecule has 0 radical (unpaired) electrons. The van der Waals surface area contributed by atoms with Gasteiger partial charge in [-0.05, 0) is 32.0 Å². The molecule has 1 rings (SSSR count). The molecule has 0 amide bonds. The number of ether oxygens (including phenoxy) is 2. The summed E-state index contributed by atoms with van der Waals surface area (Å²) < 4.78 is 9.76. The maximum Gasteiger partial charge on any atom is 0.337 e. The van der Waals surface area contributed by atoms with Gasteiger partial charge in [-0.3, -0.25) is 0 Å². The van der Waals surface area contributed by atoms with Crippen molar-refractivity contribution in [3.8, 4) is 0 Å². The number of esters is 1. The molecule has 5 heteroatoms. The van der Waals surface area contributed by atoms with Crippen LogP contribution in [-0.4, -0.2) is 32.3 Å². The van der Waals surface area contributed by atoms with E-state index in [0.29, 0.717) is 17.9 Å². The van der Waals surface area contributed by atoms with Crippen LogP contribution in [0.5, 0.6) is 0 Å². The maximum atomic E-state index is 11.3. The summed E-state index contributed by atoms with van der Waals surface area (Å²) in [7, 11) is 2.99. The summed E-state index contributed by atoms with van der Waals surface area (Å²) >= 11 is 0. The molecule has 3 N–H and O–H groups in total. The highest BCUT2D eigenvalue weighted by Crippen LogP contribution is 2.24. The Hall–Kier alpha value is -1.75. The van der Waals surface area contributed by atoms with E-state index in [0.717, 1.165) is 5.69 Å². The summed E-state index contributed by atoms with van der Waals surface area (Å²) in [4.78, 5) is 11.3. The maximum absolute atomic E-state index is 11.3. The monoisotopic (exact) mass is 252 g/mol. The van der Waals surface area contributed by atoms with E-state index in [9.17, 15) is 4.79 Å². The van der Waals surface area contributed by atoms with Gasteiger partial charge >= 0.3 is 5.97 Å². The van der Waals surface area contributed by atoms with Crippen LogP contribution < -0.4 is 11.1 Å². The van der Waals surface area contributed by atoms with Gasteiger partial charge in [0.2, 0.25) is 0 Å². The minimum absolute atomic E-state index is 0.240. The van der Waals surface area contributed by atoms with Crippen LogP contribution in [0.15, 0.2) is 18.2 Å². The topological polar surface area (TPSA) is 73.6 Å². The lowest BCUT2D eigenvalue weighted by Gasteiger charge is -2.27. The zero-order valence-electron chi connectivity index (χ0n) is 11.2. The van der Waals surface area contributed by atoms with Crippen LogP contribution in [0.1, 0.15) is 24.2 Å². The van der Waals surface area contributed by atoms with Crippen molar-refractivity contribution in [1.29, 1.82) is 0 Å². The van der Waals surface area contributed by atoms with Crippen LogP contribution in [0.25, 0.3) is 0 Å². The number of hydrogen-bond acceptors (Lipinski definition) is 5. The van der Waals surface area contributed by atoms with Gasteiger partial charge in [0.15, 0.2) is 0 Å². The average Bonchev–Trinajstić information content (AvgIpc) is 2.30. The number of benzene rings is 1. The highest BCUT2D eigenvalue weighted by Gasteiger charge is 2.18. The standard InChI is InChI=1S/C13H20N2O3/c1-13(2,8-17-3)15-11-6-5-9(7-10(11)14)12(16)18-4/h5-7,15H,8,14H2,1-4H3. The summed E-state index contributed by atoms with van der Waals surface area (Å²) in [5, 5.41) is 3.27. The molecule has 0 saturated carbocycles. The minimum Gasteiger partial charge on any atom is -0.465 e. The lowest BCUT2D eigenvalue weighted by molar-refractivity contribution is 0.0601. The fourth-order valence-electron chi connectivity index (χ4n) is 1.68. The largest absolute Gasteiger partial charge is 0.465 e. The first kappa shape index (κ1) is 14.3. The second kappa shape index (κ2) is 5.73. The molecule has 0 bridgehead atoms. The Labute approximate surface area is 107 Å². The fraction of sp³-hybridized carbons (Fsp3) is 0.462. The highest BCUT2D eigenvalue weighted by atomic mass is 16.5. The molecule has 0 heterocycles. The van der Waals surface area contributed by atoms with Gasteiger partial charge < -0.3 is 20.5 Å². The molecule has 5 nitrogen and oxygen atoms in total. The van der Waals surface area contributed by atoms with E-state index in [2.05, 4.69) is 10.1 Å². The first-order valence-electron chi connectivity index (χ1n) is 5.64. The number of nitrogens with two attached hydrogens (primary N) is 1. The fourth-order valence-corrected chi connectivity index (χ4v) is 1.68. The molecular formula is C13H20N2O3. The van der Waals surface area contributed by atoms with Crippen molar-refractivity contribution in [3.05, 3.63) is 23.8 Å². The Morgan fingerprint density at radius 3 is 2.56 bits per heavy atom. The zero-order valence-corrected chi connectivity index (χ0v) is 11.2. The molecule has 0 spiro atoms. The van der Waals surface area contributed by atoms with Gasteiger partial charge in [-0.15, -0.1) is 0 Å². The molecule has 0 aliphatic heterocycles. The SMILES string of the molecule is COCC(C)(C)Nc1ccc(C(=O)OC)cc1N. The van der Waals surface area contributed by atoms with Crippen LogP contribution in [0.3, 0.4) is 0 Å². The predicted octanol–water partition coefficient (Wildman–Crippen LogP) is 1.89. The van der Waals surface area contributed by atoms with Gasteiger partial charge in [0.1, 0.15) is 0 Å². The van der Waals surface area contributed by atoms with Gasteiger partial charge in [0, 0.05) is 7.11 Å². The number of rotatable bonds is 5. The molecule has 100 valence electrons. The summed E-state index contributed by atoms with van der Waals surface area (Å²) in [5.74, 6) is -0.399. The summed E-state index contributed by atoms with van der Waals surface area (Å²) in [5.41, 5.74) is 7.37. The van der Waals surface area contributed by atoms with E-state index >= 15 is 0 Å². The Balaban J connectivity index is 2.89. The molecule has 0 unspecified atom stereocenters. The van der Waals surface area contributed by atoms with E-state index in [1.54, 1.807) is 25.3 Å². The average molecular weight is 252 g/mol. The number of nitrogens with one attached hydrogen (secondary N) is 1. The van der Waals surface area contributed by atoms with Gasteiger partial charge in [-0.25, -0.2) is 4.79 Å². The molecule has 0 aliphatic rings. The number of anilines is 2. The van der Waals surface area contributed by atoms with Crippen molar-refractivity contribution in [2.45, 2.75) is 19.4 Å². The Morgan fingerprint density at radius 2 is 2.06 bits per heavy atom. The molecular weight excluding hydrogens is 232 g/mol. The molecule has 1 aromatic rings. The Morgan fingerprint density at radius 1 is 1.39 bits per heavy atom. The zero-order chi connectivity index (χ0) is 13.8. The highest BCUT2D eigenvalue weighted by molar-refractivity contribution is 5.91. The number of carbonyl (C=O) groups is 1.